The van der Waals surface area contributed by atoms with Crippen molar-refractivity contribution < 1.29 is 9.59 Å². The van der Waals surface area contributed by atoms with Crippen molar-refractivity contribution >= 4 is 11.7 Å². The lowest BCUT2D eigenvalue weighted by atomic mass is 10.0. The summed E-state index contributed by atoms with van der Waals surface area (Å²) in [6.07, 6.45) is 0.797. The maximum atomic E-state index is 13.1. The monoisotopic (exact) mass is 406 g/mol. The molecule has 4 rings (SSSR count). The van der Waals surface area contributed by atoms with Crippen molar-refractivity contribution in [2.45, 2.75) is 53.2 Å². The van der Waals surface area contributed by atoms with Gasteiger partial charge in [-0.25, -0.2) is 0 Å². The molecule has 1 aliphatic heterocycles. The summed E-state index contributed by atoms with van der Waals surface area (Å²) in [5.41, 5.74) is 3.19. The highest BCUT2D eigenvalue weighted by molar-refractivity contribution is 5.96. The Morgan fingerprint density at radius 2 is 1.83 bits per heavy atom. The first-order chi connectivity index (χ1) is 14.3. The first-order valence-corrected chi connectivity index (χ1v) is 10.1. The number of carbonyl (C=O) groups is 2. The molecule has 0 saturated heterocycles. The molecule has 1 atom stereocenters. The van der Waals surface area contributed by atoms with E-state index in [0.29, 0.717) is 24.3 Å². The first kappa shape index (κ1) is 20.0. The van der Waals surface area contributed by atoms with E-state index >= 15 is 0 Å². The molecule has 8 heteroatoms. The molecule has 1 aliphatic rings. The van der Waals surface area contributed by atoms with Gasteiger partial charge in [-0.1, -0.05) is 30.3 Å². The van der Waals surface area contributed by atoms with Crippen molar-refractivity contribution in [2.75, 3.05) is 6.54 Å². The molecule has 2 aromatic heterocycles. The molecule has 1 amide bonds. The quantitative estimate of drug-likeness (QED) is 0.608. The molecule has 0 radical (unpaired) electrons. The van der Waals surface area contributed by atoms with E-state index in [1.807, 2.05) is 36.9 Å². The molecule has 0 spiro atoms. The standard InChI is InChI=1S/C22H26N6O2/c1-14-22(16(3)29)15(2)27(25-14)13-21(30)26-11-19(10-18-8-6-5-7-9-18)28-17(4)23-24-20(28)12-26/h5-9,19H,10-13H2,1-4H3/t19-/m1/s1. The van der Waals surface area contributed by atoms with Crippen molar-refractivity contribution in [1.29, 1.82) is 0 Å². The van der Waals surface area contributed by atoms with Crippen molar-refractivity contribution in [2.24, 2.45) is 0 Å². The van der Waals surface area contributed by atoms with Crippen LogP contribution in [0.15, 0.2) is 30.3 Å². The Morgan fingerprint density at radius 3 is 2.50 bits per heavy atom. The van der Waals surface area contributed by atoms with Crippen LogP contribution in [0.4, 0.5) is 0 Å². The number of hydrogen-bond donors (Lipinski definition) is 0. The molecule has 1 aromatic carbocycles. The van der Waals surface area contributed by atoms with Crippen molar-refractivity contribution in [3.8, 4) is 0 Å². The third-order valence-electron chi connectivity index (χ3n) is 5.75. The summed E-state index contributed by atoms with van der Waals surface area (Å²) in [4.78, 5) is 26.8. The molecule has 0 aliphatic carbocycles. The minimum Gasteiger partial charge on any atom is -0.331 e. The highest BCUT2D eigenvalue weighted by atomic mass is 16.2. The fourth-order valence-electron chi connectivity index (χ4n) is 4.39. The Hall–Kier alpha value is -3.29. The molecule has 156 valence electrons. The zero-order valence-electron chi connectivity index (χ0n) is 17.8. The average molecular weight is 406 g/mol. The summed E-state index contributed by atoms with van der Waals surface area (Å²) in [6.45, 7) is 8.21. The van der Waals surface area contributed by atoms with E-state index in [9.17, 15) is 9.59 Å². The smallest absolute Gasteiger partial charge is 0.244 e. The Labute approximate surface area is 175 Å². The Balaban J connectivity index is 1.57. The van der Waals surface area contributed by atoms with Crippen LogP contribution in [0.2, 0.25) is 0 Å². The summed E-state index contributed by atoms with van der Waals surface area (Å²) in [6, 6.07) is 10.3. The average Bonchev–Trinajstić information content (AvgIpc) is 3.22. The number of aryl methyl sites for hydroxylation is 2. The van der Waals surface area contributed by atoms with E-state index < -0.39 is 0 Å². The summed E-state index contributed by atoms with van der Waals surface area (Å²) in [7, 11) is 0. The lowest BCUT2D eigenvalue weighted by Crippen LogP contribution is -2.43. The van der Waals surface area contributed by atoms with Crippen LogP contribution in [-0.2, 0) is 24.3 Å². The maximum absolute atomic E-state index is 13.1. The van der Waals surface area contributed by atoms with E-state index in [0.717, 1.165) is 23.8 Å². The summed E-state index contributed by atoms with van der Waals surface area (Å²) < 4.78 is 3.78. The van der Waals surface area contributed by atoms with Crippen LogP contribution in [0.3, 0.4) is 0 Å². The molecule has 3 heterocycles. The van der Waals surface area contributed by atoms with Gasteiger partial charge >= 0.3 is 0 Å². The number of amides is 1. The lowest BCUT2D eigenvalue weighted by molar-refractivity contribution is -0.134. The molecule has 0 N–H and O–H groups in total. The van der Waals surface area contributed by atoms with Crippen molar-refractivity contribution in [3.63, 3.8) is 0 Å². The van der Waals surface area contributed by atoms with Gasteiger partial charge in [-0.2, -0.15) is 5.10 Å². The normalized spacial score (nSPS) is 15.9. The van der Waals surface area contributed by atoms with E-state index in [1.54, 1.807) is 11.6 Å². The highest BCUT2D eigenvalue weighted by Gasteiger charge is 2.31. The van der Waals surface area contributed by atoms with Crippen LogP contribution < -0.4 is 0 Å². The van der Waals surface area contributed by atoms with Crippen LogP contribution >= 0.6 is 0 Å². The van der Waals surface area contributed by atoms with Gasteiger partial charge in [0.15, 0.2) is 11.6 Å². The van der Waals surface area contributed by atoms with E-state index in [-0.39, 0.29) is 24.3 Å². The molecular weight excluding hydrogens is 380 g/mol. The molecule has 0 fully saturated rings. The van der Waals surface area contributed by atoms with Crippen LogP contribution in [0, 0.1) is 20.8 Å². The van der Waals surface area contributed by atoms with Gasteiger partial charge in [0.05, 0.1) is 23.8 Å². The topological polar surface area (TPSA) is 85.9 Å². The third kappa shape index (κ3) is 3.65. The summed E-state index contributed by atoms with van der Waals surface area (Å²) in [5.74, 6) is 1.59. The fraction of sp³-hybridized carbons (Fsp3) is 0.409. The minimum atomic E-state index is -0.0410. The van der Waals surface area contributed by atoms with E-state index in [2.05, 4.69) is 32.0 Å². The van der Waals surface area contributed by atoms with E-state index in [1.165, 1.54) is 12.5 Å². The SMILES string of the molecule is CC(=O)c1c(C)nn(CC(=O)N2Cc3nnc(C)n3[C@H](Cc3ccccc3)C2)c1C. The van der Waals surface area contributed by atoms with Gasteiger partial charge in [0.1, 0.15) is 12.4 Å². The van der Waals surface area contributed by atoms with Gasteiger partial charge in [-0.15, -0.1) is 10.2 Å². The first-order valence-electron chi connectivity index (χ1n) is 10.1. The molecule has 30 heavy (non-hydrogen) atoms. The molecular formula is C22H26N6O2. The number of Topliss-reactive ketones (excluding diaryl/α,β-unsaturated/α-hetero) is 1. The van der Waals surface area contributed by atoms with Gasteiger partial charge in [0.25, 0.3) is 0 Å². The zero-order chi connectivity index (χ0) is 21.4. The highest BCUT2D eigenvalue weighted by Crippen LogP contribution is 2.25. The molecule has 0 bridgehead atoms. The van der Waals surface area contributed by atoms with Crippen molar-refractivity contribution in [3.05, 3.63) is 64.5 Å². The number of fused-ring (bicyclic) bond motifs is 1. The van der Waals surface area contributed by atoms with Gasteiger partial charge in [0.2, 0.25) is 5.91 Å². The lowest BCUT2D eigenvalue weighted by Gasteiger charge is -2.34. The number of aromatic nitrogens is 5. The summed E-state index contributed by atoms with van der Waals surface area (Å²) in [5, 5.41) is 13.0. The van der Waals surface area contributed by atoms with Crippen LogP contribution in [0.25, 0.3) is 0 Å². The van der Waals surface area contributed by atoms with Crippen molar-refractivity contribution in [1.82, 2.24) is 29.4 Å². The van der Waals surface area contributed by atoms with Gasteiger partial charge in [-0.3, -0.25) is 14.3 Å². The molecule has 0 unspecified atom stereocenters. The number of benzene rings is 1. The predicted octanol–water partition coefficient (Wildman–Crippen LogP) is 2.43. The predicted molar refractivity (Wildman–Crippen MR) is 111 cm³/mol. The molecule has 3 aromatic rings. The second kappa shape index (κ2) is 7.85. The Morgan fingerprint density at radius 1 is 1.10 bits per heavy atom. The minimum absolute atomic E-state index is 0.0341. The van der Waals surface area contributed by atoms with Crippen LogP contribution in [-0.4, -0.2) is 47.7 Å². The number of rotatable bonds is 5. The van der Waals surface area contributed by atoms with Gasteiger partial charge in [-0.05, 0) is 39.7 Å². The molecule has 0 saturated carbocycles. The second-order valence-electron chi connectivity index (χ2n) is 7.91. The number of carbonyl (C=O) groups excluding carboxylic acids is 2. The largest absolute Gasteiger partial charge is 0.331 e. The number of nitrogens with zero attached hydrogens (tertiary/aromatic N) is 6. The number of ketones is 1. The number of hydrogen-bond acceptors (Lipinski definition) is 5. The Bertz CT molecular complexity index is 1100. The summed E-state index contributed by atoms with van der Waals surface area (Å²) >= 11 is 0. The third-order valence-corrected chi connectivity index (χ3v) is 5.75. The van der Waals surface area contributed by atoms with Gasteiger partial charge in [0, 0.05) is 12.2 Å². The Kier molecular flexibility index (Phi) is 5.24. The zero-order valence-corrected chi connectivity index (χ0v) is 17.8. The van der Waals surface area contributed by atoms with Crippen LogP contribution in [0.1, 0.15) is 51.9 Å². The van der Waals surface area contributed by atoms with Crippen LogP contribution in [0.5, 0.6) is 0 Å². The fourth-order valence-corrected chi connectivity index (χ4v) is 4.39. The second-order valence-corrected chi connectivity index (χ2v) is 7.91. The maximum Gasteiger partial charge on any atom is 0.244 e. The molecule has 8 nitrogen and oxygen atoms in total. The van der Waals surface area contributed by atoms with E-state index in [4.69, 9.17) is 0 Å². The van der Waals surface area contributed by atoms with Gasteiger partial charge < -0.3 is 9.47 Å².